The van der Waals surface area contributed by atoms with Gasteiger partial charge in [0, 0.05) is 43.8 Å². The highest BCUT2D eigenvalue weighted by molar-refractivity contribution is 5.94. The van der Waals surface area contributed by atoms with Crippen LogP contribution < -0.4 is 21.4 Å². The molecule has 1 saturated heterocycles. The first kappa shape index (κ1) is 18.5. The molecule has 2 atom stereocenters. The van der Waals surface area contributed by atoms with Gasteiger partial charge in [0.1, 0.15) is 17.7 Å². The first-order chi connectivity index (χ1) is 14.7. The molecule has 1 fully saturated rings. The van der Waals surface area contributed by atoms with Gasteiger partial charge < -0.3 is 26.3 Å². The van der Waals surface area contributed by atoms with E-state index in [1.165, 1.54) is 12.6 Å². The van der Waals surface area contributed by atoms with Gasteiger partial charge in [0.25, 0.3) is 5.91 Å². The average molecular weight is 403 g/mol. The maximum atomic E-state index is 13.0. The molecule has 5 rings (SSSR count). The summed E-state index contributed by atoms with van der Waals surface area (Å²) in [4.78, 5) is 15.3. The number of benzene rings is 1. The van der Waals surface area contributed by atoms with Gasteiger partial charge in [-0.2, -0.15) is 0 Å². The van der Waals surface area contributed by atoms with Crippen LogP contribution in [0.5, 0.6) is 0 Å². The summed E-state index contributed by atoms with van der Waals surface area (Å²) in [6.45, 7) is 2.81. The van der Waals surface area contributed by atoms with Crippen molar-refractivity contribution in [2.75, 3.05) is 19.6 Å². The maximum Gasteiger partial charge on any atom is 0.274 e. The quantitative estimate of drug-likeness (QED) is 0.372. The number of likely N-dealkylation sites (tertiary alicyclic amines) is 1. The van der Waals surface area contributed by atoms with Crippen LogP contribution in [0.15, 0.2) is 72.0 Å². The number of hydrogen-bond acceptors (Lipinski definition) is 7. The van der Waals surface area contributed by atoms with Crippen molar-refractivity contribution in [1.82, 2.24) is 31.3 Å². The van der Waals surface area contributed by atoms with Gasteiger partial charge in [-0.25, -0.2) is 5.43 Å². The molecule has 1 aromatic rings. The van der Waals surface area contributed by atoms with Crippen molar-refractivity contribution in [1.29, 1.82) is 5.41 Å². The van der Waals surface area contributed by atoms with Crippen LogP contribution in [-0.2, 0) is 4.79 Å². The van der Waals surface area contributed by atoms with Crippen molar-refractivity contribution >= 4 is 12.1 Å². The highest BCUT2D eigenvalue weighted by Crippen LogP contribution is 2.26. The zero-order chi connectivity index (χ0) is 20.5. The van der Waals surface area contributed by atoms with Crippen molar-refractivity contribution in [3.8, 4) is 0 Å². The van der Waals surface area contributed by atoms with Crippen molar-refractivity contribution in [2.45, 2.75) is 18.6 Å². The Morgan fingerprint density at radius 3 is 2.90 bits per heavy atom. The third kappa shape index (κ3) is 3.35. The fourth-order valence-electron chi connectivity index (χ4n) is 4.00. The number of carbonyl (C=O) groups is 1. The van der Waals surface area contributed by atoms with E-state index in [9.17, 15) is 4.79 Å². The zero-order valence-electron chi connectivity index (χ0n) is 16.6. The summed E-state index contributed by atoms with van der Waals surface area (Å²) in [6, 6.07) is 7.68. The molecule has 0 aromatic heterocycles. The fraction of sp³-hybridized carbons (Fsp3) is 0.273. The molecule has 1 amide bonds. The summed E-state index contributed by atoms with van der Waals surface area (Å²) in [7, 11) is 0. The lowest BCUT2D eigenvalue weighted by Gasteiger charge is -2.37. The number of dihydropyridines is 1. The Hall–Kier alpha value is -3.52. The van der Waals surface area contributed by atoms with E-state index >= 15 is 0 Å². The Morgan fingerprint density at radius 1 is 1.23 bits per heavy atom. The van der Waals surface area contributed by atoms with Gasteiger partial charge in [-0.3, -0.25) is 9.80 Å². The van der Waals surface area contributed by atoms with Crippen LogP contribution >= 0.6 is 0 Å². The van der Waals surface area contributed by atoms with Gasteiger partial charge in [-0.05, 0) is 29.7 Å². The standard InChI is InChI=1S/C22H25N7O/c23-13-15-4-1-2-5-17(15)18-6-7-20-25-14-19(29(20)27-18)22(30)26-16-8-9-24-21(12-16)28-10-3-11-28/h1-2,4-8,12-14,18,20,23-25,27H,3,9-11H2,(H,26,30). The zero-order valence-corrected chi connectivity index (χ0v) is 16.6. The molecular formula is C22H25N7O. The molecule has 1 aromatic carbocycles. The number of nitrogens with zero attached hydrogens (tertiary/aromatic N) is 2. The molecule has 4 heterocycles. The van der Waals surface area contributed by atoms with Crippen molar-refractivity contribution < 1.29 is 4.79 Å². The normalized spacial score (nSPS) is 24.5. The molecular weight excluding hydrogens is 378 g/mol. The molecule has 8 nitrogen and oxygen atoms in total. The number of allylic oxidation sites excluding steroid dienone is 1. The Labute approximate surface area is 175 Å². The SMILES string of the molecule is N=Cc1ccccc1C1C=CC2NC=C(C(=O)NC3=CCNC(N4CCC4)=C3)N2N1. The van der Waals surface area contributed by atoms with Crippen LogP contribution in [0.3, 0.4) is 0 Å². The lowest BCUT2D eigenvalue weighted by molar-refractivity contribution is -0.118. The molecule has 0 radical (unpaired) electrons. The van der Waals surface area contributed by atoms with Gasteiger partial charge in [-0.1, -0.05) is 30.3 Å². The van der Waals surface area contributed by atoms with Crippen molar-refractivity contribution in [3.63, 3.8) is 0 Å². The summed E-state index contributed by atoms with van der Waals surface area (Å²) in [5, 5.41) is 19.1. The van der Waals surface area contributed by atoms with Crippen LogP contribution in [0.4, 0.5) is 0 Å². The minimum Gasteiger partial charge on any atom is -0.368 e. The third-order valence-electron chi connectivity index (χ3n) is 5.76. The monoisotopic (exact) mass is 403 g/mol. The van der Waals surface area contributed by atoms with Gasteiger partial charge >= 0.3 is 0 Å². The van der Waals surface area contributed by atoms with Crippen LogP contribution in [0.25, 0.3) is 0 Å². The molecule has 2 unspecified atom stereocenters. The van der Waals surface area contributed by atoms with Crippen LogP contribution in [0, 0.1) is 5.41 Å². The van der Waals surface area contributed by atoms with E-state index in [4.69, 9.17) is 5.41 Å². The molecule has 0 bridgehead atoms. The topological polar surface area (TPSA) is 95.5 Å². The summed E-state index contributed by atoms with van der Waals surface area (Å²) >= 11 is 0. The largest absolute Gasteiger partial charge is 0.368 e. The summed E-state index contributed by atoms with van der Waals surface area (Å²) in [5.41, 5.74) is 6.60. The van der Waals surface area contributed by atoms with Crippen LogP contribution in [0.2, 0.25) is 0 Å². The first-order valence-electron chi connectivity index (χ1n) is 10.2. The molecule has 0 saturated carbocycles. The number of hydrogen-bond donors (Lipinski definition) is 5. The van der Waals surface area contributed by atoms with E-state index < -0.39 is 0 Å². The second-order valence-corrected chi connectivity index (χ2v) is 7.64. The van der Waals surface area contributed by atoms with E-state index in [1.54, 1.807) is 6.20 Å². The van der Waals surface area contributed by atoms with E-state index in [0.29, 0.717) is 12.2 Å². The van der Waals surface area contributed by atoms with Crippen molar-refractivity contribution in [2.24, 2.45) is 0 Å². The van der Waals surface area contributed by atoms with Gasteiger partial charge in [0.2, 0.25) is 0 Å². The minimum absolute atomic E-state index is 0.119. The summed E-state index contributed by atoms with van der Waals surface area (Å²) in [5.74, 6) is 0.900. The summed E-state index contributed by atoms with van der Waals surface area (Å²) < 4.78 is 0. The third-order valence-corrected chi connectivity index (χ3v) is 5.76. The lowest BCUT2D eigenvalue weighted by Crippen LogP contribution is -2.51. The fourth-order valence-corrected chi connectivity index (χ4v) is 4.00. The second kappa shape index (κ2) is 7.72. The Morgan fingerprint density at radius 2 is 2.10 bits per heavy atom. The molecule has 0 spiro atoms. The average Bonchev–Trinajstić information content (AvgIpc) is 3.16. The second-order valence-electron chi connectivity index (χ2n) is 7.64. The van der Waals surface area contributed by atoms with E-state index in [1.807, 2.05) is 47.5 Å². The molecule has 4 aliphatic heterocycles. The smallest absolute Gasteiger partial charge is 0.274 e. The number of hydrazine groups is 1. The lowest BCUT2D eigenvalue weighted by atomic mass is 10.00. The highest BCUT2D eigenvalue weighted by atomic mass is 16.2. The molecule has 30 heavy (non-hydrogen) atoms. The number of carbonyl (C=O) groups excluding carboxylic acids is 1. The summed E-state index contributed by atoms with van der Waals surface area (Å²) in [6.07, 6.45) is 12.2. The number of nitrogens with one attached hydrogen (secondary N) is 5. The predicted octanol–water partition coefficient (Wildman–Crippen LogP) is 1.02. The molecule has 5 N–H and O–H groups in total. The molecule has 4 aliphatic rings. The highest BCUT2D eigenvalue weighted by Gasteiger charge is 2.33. The number of rotatable bonds is 5. The Kier molecular flexibility index (Phi) is 4.76. The Balaban J connectivity index is 1.30. The minimum atomic E-state index is -0.167. The van der Waals surface area contributed by atoms with Crippen LogP contribution in [0.1, 0.15) is 23.6 Å². The van der Waals surface area contributed by atoms with E-state index in [2.05, 4.69) is 32.4 Å². The van der Waals surface area contributed by atoms with Crippen LogP contribution in [-0.4, -0.2) is 47.8 Å². The number of amides is 1. The van der Waals surface area contributed by atoms with E-state index in [0.717, 1.165) is 35.7 Å². The molecule has 8 heteroatoms. The van der Waals surface area contributed by atoms with Gasteiger partial charge in [-0.15, -0.1) is 0 Å². The Bertz CT molecular complexity index is 989. The molecule has 154 valence electrons. The van der Waals surface area contributed by atoms with E-state index in [-0.39, 0.29) is 18.1 Å². The maximum absolute atomic E-state index is 13.0. The van der Waals surface area contributed by atoms with Gasteiger partial charge in [0.05, 0.1) is 6.04 Å². The number of fused-ring (bicyclic) bond motifs is 1. The molecule has 0 aliphatic carbocycles. The first-order valence-corrected chi connectivity index (χ1v) is 10.2. The van der Waals surface area contributed by atoms with Crippen molar-refractivity contribution in [3.05, 3.63) is 83.1 Å². The predicted molar refractivity (Wildman–Crippen MR) is 115 cm³/mol. The van der Waals surface area contributed by atoms with Gasteiger partial charge in [0.15, 0.2) is 0 Å².